The molecule has 0 atom stereocenters. The first-order valence-corrected chi connectivity index (χ1v) is 11.1. The number of benzene rings is 3. The van der Waals surface area contributed by atoms with Gasteiger partial charge >= 0.3 is 11.9 Å². The molecule has 0 amide bonds. The lowest BCUT2D eigenvalue weighted by Gasteiger charge is -2.09. The largest absolute Gasteiger partial charge is 0.462 e. The normalized spacial score (nSPS) is 11.4. The molecule has 0 spiro atoms. The lowest BCUT2D eigenvalue weighted by Crippen LogP contribution is -2.09. The van der Waals surface area contributed by atoms with Gasteiger partial charge in [0.25, 0.3) is 0 Å². The SMILES string of the molecule is NCCCCOC(=O)c1ccc2c(c1)-c1ccc(C(=O)OCCCCN)c3cccc-2c13. The number of esters is 2. The summed E-state index contributed by atoms with van der Waals surface area (Å²) in [4.78, 5) is 25.2. The van der Waals surface area contributed by atoms with Crippen LogP contribution in [0.4, 0.5) is 0 Å². The van der Waals surface area contributed by atoms with Crippen LogP contribution in [0.3, 0.4) is 0 Å². The number of hydrogen-bond acceptors (Lipinski definition) is 6. The maximum Gasteiger partial charge on any atom is 0.338 e. The molecule has 4 N–H and O–H groups in total. The Labute approximate surface area is 187 Å². The molecule has 0 radical (unpaired) electrons. The molecule has 3 aromatic carbocycles. The lowest BCUT2D eigenvalue weighted by atomic mass is 9.98. The summed E-state index contributed by atoms with van der Waals surface area (Å²) in [5.41, 5.74) is 16.1. The van der Waals surface area contributed by atoms with Gasteiger partial charge < -0.3 is 20.9 Å². The van der Waals surface area contributed by atoms with Crippen LogP contribution in [-0.4, -0.2) is 38.2 Å². The molecular formula is C26H28N2O4. The lowest BCUT2D eigenvalue weighted by molar-refractivity contribution is 0.0491. The van der Waals surface area contributed by atoms with Gasteiger partial charge in [0.2, 0.25) is 0 Å². The van der Waals surface area contributed by atoms with E-state index in [0.29, 0.717) is 37.4 Å². The van der Waals surface area contributed by atoms with Gasteiger partial charge in [-0.25, -0.2) is 9.59 Å². The quantitative estimate of drug-likeness (QED) is 0.286. The van der Waals surface area contributed by atoms with E-state index in [-0.39, 0.29) is 11.9 Å². The van der Waals surface area contributed by atoms with Crippen molar-refractivity contribution in [1.82, 2.24) is 0 Å². The molecule has 0 saturated heterocycles. The molecule has 0 aromatic heterocycles. The summed E-state index contributed by atoms with van der Waals surface area (Å²) in [5.74, 6) is -0.668. The van der Waals surface area contributed by atoms with Crippen molar-refractivity contribution in [2.45, 2.75) is 25.7 Å². The molecule has 0 bridgehead atoms. The molecule has 4 rings (SSSR count). The van der Waals surface area contributed by atoms with Gasteiger partial charge in [-0.05, 0) is 90.0 Å². The molecule has 6 nitrogen and oxygen atoms in total. The monoisotopic (exact) mass is 432 g/mol. The summed E-state index contributed by atoms with van der Waals surface area (Å²) in [5, 5.41) is 1.86. The number of rotatable bonds is 10. The zero-order valence-corrected chi connectivity index (χ0v) is 18.1. The minimum Gasteiger partial charge on any atom is -0.462 e. The highest BCUT2D eigenvalue weighted by atomic mass is 16.5. The van der Waals surface area contributed by atoms with Crippen LogP contribution in [0.2, 0.25) is 0 Å². The first-order chi connectivity index (χ1) is 15.7. The van der Waals surface area contributed by atoms with Crippen LogP contribution >= 0.6 is 0 Å². The van der Waals surface area contributed by atoms with E-state index in [1.807, 2.05) is 36.4 Å². The summed E-state index contributed by atoms with van der Waals surface area (Å²) < 4.78 is 10.8. The Hall–Kier alpha value is -3.22. The molecular weight excluding hydrogens is 404 g/mol. The Morgan fingerprint density at radius 3 is 2.06 bits per heavy atom. The van der Waals surface area contributed by atoms with Gasteiger partial charge in [0, 0.05) is 0 Å². The number of hydrogen-bond donors (Lipinski definition) is 2. The minimum atomic E-state index is -0.338. The Kier molecular flexibility index (Phi) is 6.83. The second kappa shape index (κ2) is 9.94. The van der Waals surface area contributed by atoms with Crippen LogP contribution in [0.5, 0.6) is 0 Å². The highest BCUT2D eigenvalue weighted by Gasteiger charge is 2.25. The van der Waals surface area contributed by atoms with Crippen LogP contribution < -0.4 is 11.5 Å². The summed E-state index contributed by atoms with van der Waals surface area (Å²) in [7, 11) is 0. The Morgan fingerprint density at radius 1 is 0.688 bits per heavy atom. The van der Waals surface area contributed by atoms with E-state index >= 15 is 0 Å². The van der Waals surface area contributed by atoms with Gasteiger partial charge in [-0.1, -0.05) is 30.3 Å². The van der Waals surface area contributed by atoms with Crippen molar-refractivity contribution in [2.75, 3.05) is 26.3 Å². The first kappa shape index (κ1) is 22.0. The van der Waals surface area contributed by atoms with Gasteiger partial charge in [-0.2, -0.15) is 0 Å². The fourth-order valence-electron chi connectivity index (χ4n) is 4.15. The minimum absolute atomic E-state index is 0.330. The second-order valence-electron chi connectivity index (χ2n) is 7.91. The summed E-state index contributed by atoms with van der Waals surface area (Å²) in [6, 6.07) is 15.3. The van der Waals surface area contributed by atoms with Crippen LogP contribution in [0.1, 0.15) is 46.4 Å². The number of carbonyl (C=O) groups excluding carboxylic acids is 2. The maximum absolute atomic E-state index is 12.7. The van der Waals surface area contributed by atoms with Gasteiger partial charge in [-0.15, -0.1) is 0 Å². The second-order valence-corrected chi connectivity index (χ2v) is 7.91. The summed E-state index contributed by atoms with van der Waals surface area (Å²) in [6.07, 6.45) is 3.15. The van der Waals surface area contributed by atoms with E-state index in [0.717, 1.165) is 58.7 Å². The number of unbranched alkanes of at least 4 members (excludes halogenated alkanes) is 2. The molecule has 32 heavy (non-hydrogen) atoms. The highest BCUT2D eigenvalue weighted by molar-refractivity contribution is 6.20. The van der Waals surface area contributed by atoms with Crippen molar-refractivity contribution in [2.24, 2.45) is 11.5 Å². The molecule has 3 aromatic rings. The van der Waals surface area contributed by atoms with E-state index in [9.17, 15) is 9.59 Å². The number of ether oxygens (including phenoxy) is 2. The average Bonchev–Trinajstić information content (AvgIpc) is 3.14. The smallest absolute Gasteiger partial charge is 0.338 e. The molecule has 6 heteroatoms. The van der Waals surface area contributed by atoms with E-state index in [4.69, 9.17) is 20.9 Å². The fourth-order valence-corrected chi connectivity index (χ4v) is 4.15. The van der Waals surface area contributed by atoms with Crippen molar-refractivity contribution >= 4 is 22.7 Å². The van der Waals surface area contributed by atoms with Crippen molar-refractivity contribution in [3.63, 3.8) is 0 Å². The molecule has 1 aliphatic rings. The van der Waals surface area contributed by atoms with Crippen LogP contribution in [0.25, 0.3) is 33.0 Å². The summed E-state index contributed by atoms with van der Waals surface area (Å²) >= 11 is 0. The highest BCUT2D eigenvalue weighted by Crippen LogP contribution is 2.48. The third kappa shape index (κ3) is 4.24. The average molecular weight is 433 g/mol. The van der Waals surface area contributed by atoms with Crippen molar-refractivity contribution in [3.05, 3.63) is 59.7 Å². The Balaban J connectivity index is 1.62. The topological polar surface area (TPSA) is 105 Å². The number of fused-ring (bicyclic) bond motifs is 3. The molecule has 0 heterocycles. The van der Waals surface area contributed by atoms with Gasteiger partial charge in [0.05, 0.1) is 24.3 Å². The summed E-state index contributed by atoms with van der Waals surface area (Å²) in [6.45, 7) is 1.89. The molecule has 0 aliphatic heterocycles. The molecule has 166 valence electrons. The van der Waals surface area contributed by atoms with Crippen LogP contribution in [0, 0.1) is 0 Å². The van der Waals surface area contributed by atoms with Crippen molar-refractivity contribution in [3.8, 4) is 22.3 Å². The van der Waals surface area contributed by atoms with Gasteiger partial charge in [0.15, 0.2) is 0 Å². The predicted octanol–water partition coefficient (Wildman–Crippen LogP) is 4.28. The molecule has 0 unspecified atom stereocenters. The van der Waals surface area contributed by atoms with Gasteiger partial charge in [0.1, 0.15) is 0 Å². The van der Waals surface area contributed by atoms with E-state index in [2.05, 4.69) is 0 Å². The third-order valence-corrected chi connectivity index (χ3v) is 5.76. The third-order valence-electron chi connectivity index (χ3n) is 5.76. The number of carbonyl (C=O) groups is 2. The van der Waals surface area contributed by atoms with Crippen LogP contribution in [-0.2, 0) is 9.47 Å². The first-order valence-electron chi connectivity index (χ1n) is 11.1. The Bertz CT molecular complexity index is 1160. The van der Waals surface area contributed by atoms with Crippen molar-refractivity contribution < 1.29 is 19.1 Å². The number of nitrogens with two attached hydrogens (primary N) is 2. The van der Waals surface area contributed by atoms with Gasteiger partial charge in [-0.3, -0.25) is 0 Å². The fraction of sp³-hybridized carbons (Fsp3) is 0.308. The predicted molar refractivity (Wildman–Crippen MR) is 126 cm³/mol. The zero-order chi connectivity index (χ0) is 22.5. The van der Waals surface area contributed by atoms with Crippen molar-refractivity contribution in [1.29, 1.82) is 0 Å². The van der Waals surface area contributed by atoms with Crippen LogP contribution in [0.15, 0.2) is 48.5 Å². The standard InChI is InChI=1S/C26H28N2O4/c27-12-1-3-14-31-25(29)17-8-9-18-19-6-5-7-20-22(26(30)32-15-4-2-13-28)11-10-21(24(19)20)23(18)16-17/h5-11,16H,1-4,12-15,27-28H2. The maximum atomic E-state index is 12.7. The Morgan fingerprint density at radius 2 is 1.34 bits per heavy atom. The van der Waals surface area contributed by atoms with E-state index in [1.165, 1.54) is 0 Å². The molecule has 1 aliphatic carbocycles. The zero-order valence-electron chi connectivity index (χ0n) is 18.1. The van der Waals surface area contributed by atoms with E-state index < -0.39 is 0 Å². The van der Waals surface area contributed by atoms with E-state index in [1.54, 1.807) is 12.1 Å². The molecule has 0 saturated carbocycles. The molecule has 0 fully saturated rings.